The van der Waals surface area contributed by atoms with Crippen LogP contribution < -0.4 is 0 Å². The molecule has 20 heavy (non-hydrogen) atoms. The van der Waals surface area contributed by atoms with E-state index in [9.17, 15) is 18.0 Å². The SMILES string of the molecule is O=C(O)c1sc(-c2ccc(Br)cc2Cl)nc1C(F)(F)F. The minimum absolute atomic E-state index is 0.0905. The molecule has 1 N–H and O–H groups in total. The van der Waals surface area contributed by atoms with Crippen LogP contribution in [-0.2, 0) is 6.18 Å². The average molecular weight is 387 g/mol. The maximum absolute atomic E-state index is 12.7. The van der Waals surface area contributed by atoms with Gasteiger partial charge in [-0.3, -0.25) is 0 Å². The molecule has 0 fully saturated rings. The van der Waals surface area contributed by atoms with Gasteiger partial charge in [0.25, 0.3) is 0 Å². The van der Waals surface area contributed by atoms with Crippen molar-refractivity contribution < 1.29 is 23.1 Å². The summed E-state index contributed by atoms with van der Waals surface area (Å²) in [6, 6.07) is 4.54. The lowest BCUT2D eigenvalue weighted by molar-refractivity contribution is -0.141. The summed E-state index contributed by atoms with van der Waals surface area (Å²) < 4.78 is 38.9. The van der Waals surface area contributed by atoms with Crippen molar-refractivity contribution in [1.82, 2.24) is 4.98 Å². The Hall–Kier alpha value is -1.12. The largest absolute Gasteiger partial charge is 0.477 e. The van der Waals surface area contributed by atoms with Crippen molar-refractivity contribution in [1.29, 1.82) is 0 Å². The highest BCUT2D eigenvalue weighted by Crippen LogP contribution is 2.40. The third-order valence-corrected chi connectivity index (χ3v) is 4.13. The van der Waals surface area contributed by atoms with Crippen LogP contribution in [0.2, 0.25) is 5.02 Å². The van der Waals surface area contributed by atoms with Crippen molar-refractivity contribution in [3.8, 4) is 10.6 Å². The topological polar surface area (TPSA) is 50.2 Å². The Morgan fingerprint density at radius 1 is 1.40 bits per heavy atom. The second kappa shape index (κ2) is 5.34. The molecular formula is C11H4BrClF3NO2S. The summed E-state index contributed by atoms with van der Waals surface area (Å²) in [6.45, 7) is 0. The van der Waals surface area contributed by atoms with Crippen molar-refractivity contribution in [3.63, 3.8) is 0 Å². The molecule has 3 nitrogen and oxygen atoms in total. The van der Waals surface area contributed by atoms with Gasteiger partial charge >= 0.3 is 12.1 Å². The van der Waals surface area contributed by atoms with Gasteiger partial charge in [0.05, 0.1) is 5.02 Å². The van der Waals surface area contributed by atoms with Crippen LogP contribution in [0.15, 0.2) is 22.7 Å². The van der Waals surface area contributed by atoms with Gasteiger partial charge in [0.1, 0.15) is 9.88 Å². The monoisotopic (exact) mass is 385 g/mol. The standard InChI is InChI=1S/C11H4BrClF3NO2S/c12-4-1-2-5(6(13)3-4)9-17-8(11(14,15)16)7(20-9)10(18)19/h1-3H,(H,18,19). The van der Waals surface area contributed by atoms with Gasteiger partial charge in [-0.25, -0.2) is 9.78 Å². The van der Waals surface area contributed by atoms with E-state index < -0.39 is 22.7 Å². The number of aromatic nitrogens is 1. The van der Waals surface area contributed by atoms with E-state index >= 15 is 0 Å². The van der Waals surface area contributed by atoms with Gasteiger partial charge in [-0.05, 0) is 18.2 Å². The Morgan fingerprint density at radius 3 is 2.50 bits per heavy atom. The van der Waals surface area contributed by atoms with E-state index in [2.05, 4.69) is 20.9 Å². The van der Waals surface area contributed by atoms with Crippen molar-refractivity contribution in [2.75, 3.05) is 0 Å². The molecule has 0 aliphatic carbocycles. The van der Waals surface area contributed by atoms with Gasteiger partial charge < -0.3 is 5.11 Å². The molecule has 0 spiro atoms. The van der Waals surface area contributed by atoms with E-state index in [0.717, 1.165) is 0 Å². The molecule has 0 saturated carbocycles. The zero-order valence-electron chi connectivity index (χ0n) is 9.33. The highest BCUT2D eigenvalue weighted by Gasteiger charge is 2.40. The molecule has 0 aliphatic rings. The first-order valence-electron chi connectivity index (χ1n) is 4.97. The molecule has 0 unspecified atom stereocenters. The molecule has 0 amide bonds. The molecule has 0 atom stereocenters. The summed E-state index contributed by atoms with van der Waals surface area (Å²) in [5, 5.41) is 8.92. The lowest BCUT2D eigenvalue weighted by Crippen LogP contribution is -2.11. The maximum Gasteiger partial charge on any atom is 0.435 e. The number of carboxylic acid groups (broad SMARTS) is 1. The van der Waals surface area contributed by atoms with Crippen LogP contribution in [0.5, 0.6) is 0 Å². The van der Waals surface area contributed by atoms with Crippen molar-refractivity contribution in [2.45, 2.75) is 6.18 Å². The minimum atomic E-state index is -4.83. The van der Waals surface area contributed by atoms with E-state index in [1.165, 1.54) is 12.1 Å². The molecule has 2 aromatic rings. The summed E-state index contributed by atoms with van der Waals surface area (Å²) in [6.07, 6.45) is -4.83. The van der Waals surface area contributed by atoms with Gasteiger partial charge in [0.15, 0.2) is 5.69 Å². The number of halogens is 5. The number of nitrogens with zero attached hydrogens (tertiary/aromatic N) is 1. The molecule has 1 aromatic heterocycles. The molecule has 9 heteroatoms. The lowest BCUT2D eigenvalue weighted by atomic mass is 10.2. The van der Waals surface area contributed by atoms with Crippen molar-refractivity contribution in [3.05, 3.63) is 38.3 Å². The number of alkyl halides is 3. The van der Waals surface area contributed by atoms with Crippen LogP contribution in [0.25, 0.3) is 10.6 Å². The molecule has 0 aliphatic heterocycles. The predicted octanol–water partition coefficient (Wildman–Crippen LogP) is 4.94. The Kier molecular flexibility index (Phi) is 4.08. The molecule has 2 rings (SSSR count). The summed E-state index contributed by atoms with van der Waals surface area (Å²) in [5.74, 6) is -1.67. The van der Waals surface area contributed by atoms with Gasteiger partial charge in [-0.15, -0.1) is 11.3 Å². The summed E-state index contributed by atoms with van der Waals surface area (Å²) in [4.78, 5) is 13.4. The highest BCUT2D eigenvalue weighted by atomic mass is 79.9. The Balaban J connectivity index is 2.62. The zero-order valence-corrected chi connectivity index (χ0v) is 12.5. The van der Waals surface area contributed by atoms with Crippen LogP contribution in [0.3, 0.4) is 0 Å². The fourth-order valence-corrected chi connectivity index (χ4v) is 3.22. The molecule has 106 valence electrons. The molecular weight excluding hydrogens is 383 g/mol. The summed E-state index contributed by atoms with van der Waals surface area (Å²) in [5.41, 5.74) is -1.16. The second-order valence-electron chi connectivity index (χ2n) is 3.62. The number of aromatic carboxylic acids is 1. The molecule has 1 heterocycles. The van der Waals surface area contributed by atoms with Crippen LogP contribution in [-0.4, -0.2) is 16.1 Å². The summed E-state index contributed by atoms with van der Waals surface area (Å²) >= 11 is 9.53. The van der Waals surface area contributed by atoms with Crippen LogP contribution in [0, 0.1) is 0 Å². The molecule has 0 radical (unpaired) electrons. The van der Waals surface area contributed by atoms with Crippen LogP contribution >= 0.6 is 38.9 Å². The normalized spacial score (nSPS) is 11.7. The maximum atomic E-state index is 12.7. The highest BCUT2D eigenvalue weighted by molar-refractivity contribution is 9.10. The smallest absolute Gasteiger partial charge is 0.435 e. The number of hydrogen-bond acceptors (Lipinski definition) is 3. The van der Waals surface area contributed by atoms with Crippen LogP contribution in [0.1, 0.15) is 15.4 Å². The molecule has 1 aromatic carbocycles. The quantitative estimate of drug-likeness (QED) is 0.795. The van der Waals surface area contributed by atoms with Gasteiger partial charge in [-0.1, -0.05) is 27.5 Å². The number of rotatable bonds is 2. The lowest BCUT2D eigenvalue weighted by Gasteiger charge is -2.03. The van der Waals surface area contributed by atoms with Gasteiger partial charge in [-0.2, -0.15) is 13.2 Å². The van der Waals surface area contributed by atoms with E-state index in [4.69, 9.17) is 16.7 Å². The number of benzene rings is 1. The fourth-order valence-electron chi connectivity index (χ4n) is 1.44. The summed E-state index contributed by atoms with van der Waals surface area (Å²) in [7, 11) is 0. The third kappa shape index (κ3) is 2.97. The van der Waals surface area contributed by atoms with E-state index in [-0.39, 0.29) is 15.6 Å². The first kappa shape index (κ1) is 15.3. The number of carbonyl (C=O) groups is 1. The Labute approximate surface area is 128 Å². The third-order valence-electron chi connectivity index (χ3n) is 2.25. The van der Waals surface area contributed by atoms with Crippen molar-refractivity contribution in [2.24, 2.45) is 0 Å². The fraction of sp³-hybridized carbons (Fsp3) is 0.0909. The number of hydrogen-bond donors (Lipinski definition) is 1. The first-order chi connectivity index (χ1) is 9.20. The Morgan fingerprint density at radius 2 is 2.05 bits per heavy atom. The van der Waals surface area contributed by atoms with Crippen molar-refractivity contribution >= 4 is 44.8 Å². The molecule has 0 saturated heterocycles. The second-order valence-corrected chi connectivity index (χ2v) is 5.95. The number of carboxylic acids is 1. The van der Waals surface area contributed by atoms with E-state index in [1.807, 2.05) is 0 Å². The van der Waals surface area contributed by atoms with Gasteiger partial charge in [0.2, 0.25) is 0 Å². The van der Waals surface area contributed by atoms with E-state index in [1.54, 1.807) is 6.07 Å². The first-order valence-corrected chi connectivity index (χ1v) is 6.95. The average Bonchev–Trinajstić information content (AvgIpc) is 2.73. The molecule has 0 bridgehead atoms. The van der Waals surface area contributed by atoms with Gasteiger partial charge in [0, 0.05) is 10.0 Å². The minimum Gasteiger partial charge on any atom is -0.477 e. The Bertz CT molecular complexity index is 687. The number of thiazole rings is 1. The van der Waals surface area contributed by atoms with Crippen LogP contribution in [0.4, 0.5) is 13.2 Å². The predicted molar refractivity (Wildman–Crippen MR) is 72.2 cm³/mol. The van der Waals surface area contributed by atoms with E-state index in [0.29, 0.717) is 15.8 Å². The zero-order chi connectivity index (χ0) is 15.1.